The third-order valence-electron chi connectivity index (χ3n) is 2.31. The summed E-state index contributed by atoms with van der Waals surface area (Å²) in [5, 5.41) is 4.73. The molecule has 1 aromatic heterocycles. The third kappa shape index (κ3) is 3.48. The number of amides is 2. The Hall–Kier alpha value is -2.50. The maximum absolute atomic E-state index is 13.3. The molecule has 0 fully saturated rings. The monoisotopic (exact) mass is 263 g/mol. The number of aromatic nitrogens is 1. The van der Waals surface area contributed by atoms with Gasteiger partial charge in [0.25, 0.3) is 0 Å². The zero-order chi connectivity index (χ0) is 13.8. The number of hydrogen-bond donors (Lipinski definition) is 2. The summed E-state index contributed by atoms with van der Waals surface area (Å²) in [6.45, 7) is 1.78. The van der Waals surface area contributed by atoms with Gasteiger partial charge < -0.3 is 5.32 Å². The first kappa shape index (κ1) is 12.9. The Balaban J connectivity index is 2.05. The Kier molecular flexibility index (Phi) is 3.70. The van der Waals surface area contributed by atoms with Gasteiger partial charge >= 0.3 is 6.03 Å². The van der Waals surface area contributed by atoms with Gasteiger partial charge in [-0.25, -0.2) is 18.6 Å². The van der Waals surface area contributed by atoms with Crippen LogP contribution in [0.3, 0.4) is 0 Å². The number of carbonyl (C=O) groups is 1. The van der Waals surface area contributed by atoms with Crippen molar-refractivity contribution in [3.05, 3.63) is 53.7 Å². The molecule has 1 heterocycles. The van der Waals surface area contributed by atoms with Crippen molar-refractivity contribution in [2.75, 3.05) is 10.6 Å². The van der Waals surface area contributed by atoms with Crippen LogP contribution in [0.5, 0.6) is 0 Å². The molecular weight excluding hydrogens is 252 g/mol. The van der Waals surface area contributed by atoms with Gasteiger partial charge in [0.15, 0.2) is 0 Å². The smallest absolute Gasteiger partial charge is 0.305 e. The molecule has 0 unspecified atom stereocenters. The van der Waals surface area contributed by atoms with Crippen molar-refractivity contribution in [3.63, 3.8) is 0 Å². The molecule has 19 heavy (non-hydrogen) atoms. The summed E-state index contributed by atoms with van der Waals surface area (Å²) >= 11 is 0. The van der Waals surface area contributed by atoms with Gasteiger partial charge in [-0.3, -0.25) is 5.32 Å². The number of aryl methyl sites for hydroxylation is 1. The summed E-state index contributed by atoms with van der Waals surface area (Å²) in [5.74, 6) is -1.20. The summed E-state index contributed by atoms with van der Waals surface area (Å²) in [5.41, 5.74) is 0.636. The summed E-state index contributed by atoms with van der Waals surface area (Å²) in [4.78, 5) is 15.7. The van der Waals surface area contributed by atoms with Gasteiger partial charge in [0.05, 0.1) is 5.69 Å². The van der Waals surface area contributed by atoms with Crippen molar-refractivity contribution in [2.24, 2.45) is 0 Å². The third-order valence-corrected chi connectivity index (χ3v) is 2.31. The minimum Gasteiger partial charge on any atom is -0.305 e. The lowest BCUT2D eigenvalue weighted by atomic mass is 10.3. The van der Waals surface area contributed by atoms with Gasteiger partial charge in [-0.2, -0.15) is 0 Å². The first-order valence-corrected chi connectivity index (χ1v) is 5.51. The van der Waals surface area contributed by atoms with E-state index in [1.807, 2.05) is 0 Å². The van der Waals surface area contributed by atoms with Gasteiger partial charge in [-0.05, 0) is 31.2 Å². The second-order valence-corrected chi connectivity index (χ2v) is 3.87. The lowest BCUT2D eigenvalue weighted by molar-refractivity contribution is 0.262. The Morgan fingerprint density at radius 2 is 1.95 bits per heavy atom. The Morgan fingerprint density at radius 3 is 2.63 bits per heavy atom. The van der Waals surface area contributed by atoms with Crippen LogP contribution >= 0.6 is 0 Å². The van der Waals surface area contributed by atoms with Crippen LogP contribution in [0, 0.1) is 18.6 Å². The molecular formula is C13H11F2N3O. The standard InChI is InChI=1S/C13H11F2N3O/c1-8-3-2-4-12(16-8)18-13(19)17-11-6-5-9(14)7-10(11)15/h2-7H,1H3,(H2,16,17,18,19). The molecule has 0 aliphatic rings. The first-order chi connectivity index (χ1) is 9.04. The average Bonchev–Trinajstić information content (AvgIpc) is 2.33. The zero-order valence-electron chi connectivity index (χ0n) is 10.1. The van der Waals surface area contributed by atoms with Gasteiger partial charge in [0, 0.05) is 11.8 Å². The van der Waals surface area contributed by atoms with E-state index in [0.717, 1.165) is 17.8 Å². The molecule has 98 valence electrons. The predicted molar refractivity (Wildman–Crippen MR) is 68.0 cm³/mol. The van der Waals surface area contributed by atoms with Crippen LogP contribution in [0.4, 0.5) is 25.1 Å². The molecule has 0 saturated heterocycles. The van der Waals surface area contributed by atoms with E-state index in [9.17, 15) is 13.6 Å². The van der Waals surface area contributed by atoms with E-state index < -0.39 is 17.7 Å². The lowest BCUT2D eigenvalue weighted by Crippen LogP contribution is -2.20. The van der Waals surface area contributed by atoms with Gasteiger partial charge in [0.2, 0.25) is 0 Å². The van der Waals surface area contributed by atoms with Crippen LogP contribution in [-0.2, 0) is 0 Å². The van der Waals surface area contributed by atoms with Crippen molar-refractivity contribution in [3.8, 4) is 0 Å². The maximum Gasteiger partial charge on any atom is 0.324 e. The maximum atomic E-state index is 13.3. The molecule has 2 N–H and O–H groups in total. The molecule has 0 radical (unpaired) electrons. The second kappa shape index (κ2) is 5.43. The minimum atomic E-state index is -0.840. The molecule has 2 rings (SSSR count). The largest absolute Gasteiger partial charge is 0.324 e. The molecule has 6 heteroatoms. The van der Waals surface area contributed by atoms with E-state index >= 15 is 0 Å². The quantitative estimate of drug-likeness (QED) is 0.873. The number of anilines is 2. The number of hydrogen-bond acceptors (Lipinski definition) is 2. The highest BCUT2D eigenvalue weighted by Gasteiger charge is 2.08. The molecule has 0 saturated carbocycles. The molecule has 2 amide bonds. The fraction of sp³-hybridized carbons (Fsp3) is 0.0769. The second-order valence-electron chi connectivity index (χ2n) is 3.87. The molecule has 0 spiro atoms. The summed E-state index contributed by atoms with van der Waals surface area (Å²) in [6, 6.07) is 7.37. The number of urea groups is 1. The number of carbonyl (C=O) groups excluding carboxylic acids is 1. The van der Waals surface area contributed by atoms with Crippen LogP contribution in [0.1, 0.15) is 5.69 Å². The lowest BCUT2D eigenvalue weighted by Gasteiger charge is -2.08. The van der Waals surface area contributed by atoms with E-state index in [1.54, 1.807) is 25.1 Å². The molecule has 0 bridgehead atoms. The van der Waals surface area contributed by atoms with Crippen molar-refractivity contribution < 1.29 is 13.6 Å². The van der Waals surface area contributed by atoms with E-state index in [1.165, 1.54) is 0 Å². The van der Waals surface area contributed by atoms with Crippen molar-refractivity contribution in [2.45, 2.75) is 6.92 Å². The summed E-state index contributed by atoms with van der Waals surface area (Å²) in [7, 11) is 0. The minimum absolute atomic E-state index is 0.105. The number of nitrogens with one attached hydrogen (secondary N) is 2. The number of nitrogens with zero attached hydrogens (tertiary/aromatic N) is 1. The van der Waals surface area contributed by atoms with Crippen LogP contribution in [0.25, 0.3) is 0 Å². The van der Waals surface area contributed by atoms with Crippen LogP contribution in [0.15, 0.2) is 36.4 Å². The van der Waals surface area contributed by atoms with E-state index in [-0.39, 0.29) is 5.69 Å². The number of rotatable bonds is 2. The van der Waals surface area contributed by atoms with Gasteiger partial charge in [-0.1, -0.05) is 6.07 Å². The van der Waals surface area contributed by atoms with Crippen molar-refractivity contribution in [1.29, 1.82) is 0 Å². The molecule has 4 nitrogen and oxygen atoms in total. The Morgan fingerprint density at radius 1 is 1.16 bits per heavy atom. The van der Waals surface area contributed by atoms with Crippen LogP contribution < -0.4 is 10.6 Å². The number of halogens is 2. The van der Waals surface area contributed by atoms with Crippen molar-refractivity contribution >= 4 is 17.5 Å². The predicted octanol–water partition coefficient (Wildman–Crippen LogP) is 3.31. The Bertz CT molecular complexity index is 617. The highest BCUT2D eigenvalue weighted by molar-refractivity contribution is 5.99. The molecule has 0 atom stereocenters. The van der Waals surface area contributed by atoms with Gasteiger partial charge in [0.1, 0.15) is 17.5 Å². The molecule has 1 aromatic carbocycles. The van der Waals surface area contributed by atoms with Crippen LogP contribution in [0.2, 0.25) is 0 Å². The number of pyridine rings is 1. The van der Waals surface area contributed by atoms with E-state index in [0.29, 0.717) is 11.9 Å². The molecule has 0 aliphatic heterocycles. The normalized spacial score (nSPS) is 10.1. The first-order valence-electron chi connectivity index (χ1n) is 5.51. The average molecular weight is 263 g/mol. The number of benzene rings is 1. The van der Waals surface area contributed by atoms with Gasteiger partial charge in [-0.15, -0.1) is 0 Å². The molecule has 2 aromatic rings. The zero-order valence-corrected chi connectivity index (χ0v) is 10.1. The fourth-order valence-electron chi connectivity index (χ4n) is 1.47. The topological polar surface area (TPSA) is 54.0 Å². The van der Waals surface area contributed by atoms with E-state index in [2.05, 4.69) is 15.6 Å². The van der Waals surface area contributed by atoms with E-state index in [4.69, 9.17) is 0 Å². The Labute approximate surface area is 108 Å². The van der Waals surface area contributed by atoms with Crippen molar-refractivity contribution in [1.82, 2.24) is 4.98 Å². The summed E-state index contributed by atoms with van der Waals surface area (Å²) < 4.78 is 26.0. The highest BCUT2D eigenvalue weighted by Crippen LogP contribution is 2.15. The fourth-order valence-corrected chi connectivity index (χ4v) is 1.47. The highest BCUT2D eigenvalue weighted by atomic mass is 19.1. The van der Waals surface area contributed by atoms with Crippen LogP contribution in [-0.4, -0.2) is 11.0 Å². The molecule has 0 aliphatic carbocycles. The summed E-state index contributed by atoms with van der Waals surface area (Å²) in [6.07, 6.45) is 0. The SMILES string of the molecule is Cc1cccc(NC(=O)Nc2ccc(F)cc2F)n1.